The topological polar surface area (TPSA) is 66.9 Å². The van der Waals surface area contributed by atoms with Crippen LogP contribution in [0, 0.1) is 0 Å². The second-order valence-electron chi connectivity index (χ2n) is 4.81. The number of pyridine rings is 1. The molecule has 2 aromatic rings. The fourth-order valence-electron chi connectivity index (χ4n) is 2.34. The molecule has 2 aromatic heterocycles. The summed E-state index contributed by atoms with van der Waals surface area (Å²) in [4.78, 5) is 20.5. The highest BCUT2D eigenvalue weighted by atomic mass is 35.5. The van der Waals surface area contributed by atoms with Gasteiger partial charge in [-0.2, -0.15) is 0 Å². The normalized spacial score (nSPS) is 17.8. The Balaban J connectivity index is 0.00000161. The van der Waals surface area contributed by atoms with Gasteiger partial charge >= 0.3 is 0 Å². The van der Waals surface area contributed by atoms with Gasteiger partial charge in [0.1, 0.15) is 0 Å². The monoisotopic (exact) mass is 324 g/mol. The number of rotatable bonds is 3. The van der Waals surface area contributed by atoms with Crippen molar-refractivity contribution in [3.63, 3.8) is 0 Å². The molecule has 1 unspecified atom stereocenters. The van der Waals surface area contributed by atoms with Gasteiger partial charge in [0, 0.05) is 35.9 Å². The number of piperidine rings is 1. The Labute approximate surface area is 133 Å². The maximum Gasteiger partial charge on any atom is 0.259 e. The van der Waals surface area contributed by atoms with Crippen LogP contribution < -0.4 is 10.6 Å². The third-order valence-corrected chi connectivity index (χ3v) is 4.11. The molecule has 5 nitrogen and oxygen atoms in total. The lowest BCUT2D eigenvalue weighted by atomic mass is 9.95. The Hall–Kier alpha value is -1.50. The SMILES string of the molecule is Cl.O=C(Nc1nccs1)c1ccc(C2CCCNC2)nc1. The Morgan fingerprint density at radius 1 is 1.38 bits per heavy atom. The van der Waals surface area contributed by atoms with E-state index in [2.05, 4.69) is 20.6 Å². The molecule has 2 N–H and O–H groups in total. The van der Waals surface area contributed by atoms with Crippen molar-refractivity contribution in [1.82, 2.24) is 15.3 Å². The first-order valence-corrected chi connectivity index (χ1v) is 7.58. The molecule has 1 amide bonds. The summed E-state index contributed by atoms with van der Waals surface area (Å²) in [5, 5.41) is 8.56. The van der Waals surface area contributed by atoms with E-state index in [1.807, 2.05) is 17.5 Å². The van der Waals surface area contributed by atoms with Gasteiger partial charge in [-0.3, -0.25) is 15.1 Å². The van der Waals surface area contributed by atoms with E-state index in [1.54, 1.807) is 12.4 Å². The number of hydrogen-bond donors (Lipinski definition) is 2. The molecule has 1 fully saturated rings. The molecule has 0 radical (unpaired) electrons. The predicted octanol–water partition coefficient (Wildman–Crippen LogP) is 2.68. The summed E-state index contributed by atoms with van der Waals surface area (Å²) in [5.41, 5.74) is 1.62. The van der Waals surface area contributed by atoms with Crippen molar-refractivity contribution in [1.29, 1.82) is 0 Å². The number of thiazole rings is 1. The summed E-state index contributed by atoms with van der Waals surface area (Å²) < 4.78 is 0. The molecule has 1 aliphatic rings. The lowest BCUT2D eigenvalue weighted by Gasteiger charge is -2.22. The Morgan fingerprint density at radius 2 is 2.29 bits per heavy atom. The number of halogens is 1. The second kappa shape index (κ2) is 7.49. The summed E-state index contributed by atoms with van der Waals surface area (Å²) >= 11 is 1.40. The Morgan fingerprint density at radius 3 is 2.90 bits per heavy atom. The summed E-state index contributed by atoms with van der Waals surface area (Å²) in [6, 6.07) is 3.79. The zero-order chi connectivity index (χ0) is 13.8. The Kier molecular flexibility index (Phi) is 5.67. The molecular formula is C14H17ClN4OS. The van der Waals surface area contributed by atoms with Crippen molar-refractivity contribution in [2.24, 2.45) is 0 Å². The average molecular weight is 325 g/mol. The summed E-state index contributed by atoms with van der Waals surface area (Å²) in [5.74, 6) is 0.292. The highest BCUT2D eigenvalue weighted by Crippen LogP contribution is 2.21. The molecule has 0 aromatic carbocycles. The highest BCUT2D eigenvalue weighted by molar-refractivity contribution is 7.13. The third kappa shape index (κ3) is 4.00. The zero-order valence-electron chi connectivity index (χ0n) is 11.4. The predicted molar refractivity (Wildman–Crippen MR) is 86.4 cm³/mol. The zero-order valence-corrected chi connectivity index (χ0v) is 13.0. The van der Waals surface area contributed by atoms with Crippen LogP contribution in [0.15, 0.2) is 29.9 Å². The number of carbonyl (C=O) groups is 1. The van der Waals surface area contributed by atoms with E-state index >= 15 is 0 Å². The number of anilines is 1. The van der Waals surface area contributed by atoms with Crippen LogP contribution in [0.3, 0.4) is 0 Å². The van der Waals surface area contributed by atoms with Gasteiger partial charge in [0.05, 0.1) is 5.56 Å². The fourth-order valence-corrected chi connectivity index (χ4v) is 2.86. The summed E-state index contributed by atoms with van der Waals surface area (Å²) in [6.45, 7) is 2.06. The molecule has 1 aliphatic heterocycles. The van der Waals surface area contributed by atoms with Crippen LogP contribution in [0.5, 0.6) is 0 Å². The van der Waals surface area contributed by atoms with Crippen LogP contribution in [0.4, 0.5) is 5.13 Å². The van der Waals surface area contributed by atoms with Gasteiger partial charge in [-0.15, -0.1) is 23.7 Å². The van der Waals surface area contributed by atoms with Gasteiger partial charge < -0.3 is 5.32 Å². The molecule has 1 atom stereocenters. The minimum absolute atomic E-state index is 0. The molecule has 21 heavy (non-hydrogen) atoms. The quantitative estimate of drug-likeness (QED) is 0.911. The lowest BCUT2D eigenvalue weighted by Crippen LogP contribution is -2.28. The van der Waals surface area contributed by atoms with Crippen LogP contribution in [-0.4, -0.2) is 29.0 Å². The maximum atomic E-state index is 12.0. The molecule has 0 saturated carbocycles. The first kappa shape index (κ1) is 15.9. The van der Waals surface area contributed by atoms with Crippen LogP contribution in [0.2, 0.25) is 0 Å². The van der Waals surface area contributed by atoms with Gasteiger partial charge in [0.25, 0.3) is 5.91 Å². The number of nitrogens with one attached hydrogen (secondary N) is 2. The molecule has 3 heterocycles. The molecule has 0 aliphatic carbocycles. The van der Waals surface area contributed by atoms with Crippen molar-refractivity contribution < 1.29 is 4.79 Å². The Bertz CT molecular complexity index is 567. The van der Waals surface area contributed by atoms with Crippen molar-refractivity contribution >= 4 is 34.8 Å². The maximum absolute atomic E-state index is 12.0. The van der Waals surface area contributed by atoms with E-state index < -0.39 is 0 Å². The number of amides is 1. The minimum Gasteiger partial charge on any atom is -0.316 e. The van der Waals surface area contributed by atoms with E-state index in [-0.39, 0.29) is 18.3 Å². The molecule has 7 heteroatoms. The molecule has 1 saturated heterocycles. The number of carbonyl (C=O) groups excluding carboxylic acids is 1. The molecule has 112 valence electrons. The van der Waals surface area contributed by atoms with Gasteiger partial charge in [0.2, 0.25) is 0 Å². The van der Waals surface area contributed by atoms with Crippen molar-refractivity contribution in [2.45, 2.75) is 18.8 Å². The van der Waals surface area contributed by atoms with Crippen molar-refractivity contribution in [2.75, 3.05) is 18.4 Å². The number of aromatic nitrogens is 2. The molecule has 0 spiro atoms. The first-order valence-electron chi connectivity index (χ1n) is 6.70. The average Bonchev–Trinajstić information content (AvgIpc) is 3.01. The van der Waals surface area contributed by atoms with Gasteiger partial charge in [-0.25, -0.2) is 4.98 Å². The van der Waals surface area contributed by atoms with Crippen LogP contribution in [0.1, 0.15) is 34.8 Å². The van der Waals surface area contributed by atoms with E-state index in [1.165, 1.54) is 17.8 Å². The molecule has 3 rings (SSSR count). The van der Waals surface area contributed by atoms with Crippen LogP contribution in [0.25, 0.3) is 0 Å². The van der Waals surface area contributed by atoms with E-state index in [4.69, 9.17) is 0 Å². The van der Waals surface area contributed by atoms with Crippen LogP contribution in [-0.2, 0) is 0 Å². The summed E-state index contributed by atoms with van der Waals surface area (Å²) in [7, 11) is 0. The van der Waals surface area contributed by atoms with Crippen molar-refractivity contribution in [3.8, 4) is 0 Å². The van der Waals surface area contributed by atoms with E-state index in [9.17, 15) is 4.79 Å². The van der Waals surface area contributed by atoms with Gasteiger partial charge in [-0.1, -0.05) is 0 Å². The smallest absolute Gasteiger partial charge is 0.259 e. The van der Waals surface area contributed by atoms with E-state index in [0.717, 1.165) is 25.2 Å². The molecule has 0 bridgehead atoms. The number of nitrogens with zero attached hydrogens (tertiary/aromatic N) is 2. The van der Waals surface area contributed by atoms with E-state index in [0.29, 0.717) is 16.6 Å². The second-order valence-corrected chi connectivity index (χ2v) is 5.70. The van der Waals surface area contributed by atoms with Crippen molar-refractivity contribution in [3.05, 3.63) is 41.2 Å². The molecular weight excluding hydrogens is 308 g/mol. The standard InChI is InChI=1S/C14H16N4OS.ClH/c19-13(18-14-16-6-7-20-14)11-3-4-12(17-9-11)10-2-1-5-15-8-10;/h3-4,6-7,9-10,15H,1-2,5,8H2,(H,16,18,19);1H. The number of hydrogen-bond acceptors (Lipinski definition) is 5. The van der Waals surface area contributed by atoms with Gasteiger partial charge in [-0.05, 0) is 31.5 Å². The minimum atomic E-state index is -0.166. The lowest BCUT2D eigenvalue weighted by molar-refractivity contribution is 0.102. The van der Waals surface area contributed by atoms with Gasteiger partial charge in [0.15, 0.2) is 5.13 Å². The van der Waals surface area contributed by atoms with Crippen LogP contribution >= 0.6 is 23.7 Å². The fraction of sp³-hybridized carbons (Fsp3) is 0.357. The third-order valence-electron chi connectivity index (χ3n) is 3.42. The highest BCUT2D eigenvalue weighted by Gasteiger charge is 2.17. The summed E-state index contributed by atoms with van der Waals surface area (Å²) in [6.07, 6.45) is 5.65. The largest absolute Gasteiger partial charge is 0.316 e. The first-order chi connectivity index (χ1) is 9.83.